The van der Waals surface area contributed by atoms with Crippen LogP contribution in [0.3, 0.4) is 0 Å². The molecule has 0 amide bonds. The molecule has 4 heteroatoms. The van der Waals surface area contributed by atoms with Crippen molar-refractivity contribution >= 4 is 33.9 Å². The highest BCUT2D eigenvalue weighted by molar-refractivity contribution is 9.10. The summed E-state index contributed by atoms with van der Waals surface area (Å²) in [6, 6.07) is 15.4. The van der Waals surface area contributed by atoms with Crippen molar-refractivity contribution in [2.24, 2.45) is 4.99 Å². The minimum atomic E-state index is -0.422. The lowest BCUT2D eigenvalue weighted by molar-refractivity contribution is -0.129. The van der Waals surface area contributed by atoms with E-state index in [9.17, 15) is 4.79 Å². The number of hydrogen-bond acceptors (Lipinski definition) is 3. The van der Waals surface area contributed by atoms with Crippen LogP contribution in [0.25, 0.3) is 6.08 Å². The lowest BCUT2D eigenvalue weighted by atomic mass is 10.1. The van der Waals surface area contributed by atoms with Gasteiger partial charge in [-0.05, 0) is 42.8 Å². The third-order valence-corrected chi connectivity index (χ3v) is 3.59. The van der Waals surface area contributed by atoms with Crippen molar-refractivity contribution in [1.82, 2.24) is 0 Å². The number of esters is 1. The topological polar surface area (TPSA) is 38.7 Å². The highest BCUT2D eigenvalue weighted by atomic mass is 79.9. The fourth-order valence-electron chi connectivity index (χ4n) is 2.03. The van der Waals surface area contributed by atoms with Crippen molar-refractivity contribution in [3.63, 3.8) is 0 Å². The first-order valence-electron chi connectivity index (χ1n) is 6.47. The van der Waals surface area contributed by atoms with Crippen LogP contribution in [0.15, 0.2) is 63.7 Å². The second kappa shape index (κ2) is 5.66. The first-order chi connectivity index (χ1) is 10.1. The van der Waals surface area contributed by atoms with E-state index in [1.54, 1.807) is 6.08 Å². The summed E-state index contributed by atoms with van der Waals surface area (Å²) in [5.74, 6) is -0.0681. The molecule has 0 fully saturated rings. The van der Waals surface area contributed by atoms with Crippen LogP contribution in [0.2, 0.25) is 0 Å². The van der Waals surface area contributed by atoms with Gasteiger partial charge in [-0.15, -0.1) is 0 Å². The van der Waals surface area contributed by atoms with Gasteiger partial charge in [0.15, 0.2) is 5.70 Å². The van der Waals surface area contributed by atoms with E-state index < -0.39 is 5.97 Å². The third kappa shape index (κ3) is 3.11. The molecule has 3 nitrogen and oxygen atoms in total. The zero-order chi connectivity index (χ0) is 14.8. The first kappa shape index (κ1) is 13.8. The molecule has 0 spiro atoms. The highest BCUT2D eigenvalue weighted by Crippen LogP contribution is 2.20. The van der Waals surface area contributed by atoms with E-state index in [0.717, 1.165) is 21.2 Å². The van der Waals surface area contributed by atoms with E-state index in [1.165, 1.54) is 0 Å². The zero-order valence-corrected chi connectivity index (χ0v) is 12.9. The summed E-state index contributed by atoms with van der Waals surface area (Å²) in [4.78, 5) is 16.2. The largest absolute Gasteiger partial charge is 0.402 e. The number of rotatable bonds is 2. The molecule has 0 aromatic heterocycles. The van der Waals surface area contributed by atoms with Crippen LogP contribution in [-0.4, -0.2) is 11.9 Å². The number of hydrogen-bond donors (Lipinski definition) is 0. The van der Waals surface area contributed by atoms with Gasteiger partial charge in [-0.3, -0.25) is 0 Å². The highest BCUT2D eigenvalue weighted by Gasteiger charge is 2.24. The summed E-state index contributed by atoms with van der Waals surface area (Å²) in [5, 5.41) is 0. The normalized spacial score (nSPS) is 16.0. The second-order valence-corrected chi connectivity index (χ2v) is 5.67. The predicted molar refractivity (Wildman–Crippen MR) is 85.9 cm³/mol. The number of halogens is 1. The molecule has 0 aliphatic carbocycles. The molecule has 0 radical (unpaired) electrons. The van der Waals surface area contributed by atoms with E-state index in [-0.39, 0.29) is 0 Å². The van der Waals surface area contributed by atoms with E-state index in [1.807, 2.05) is 55.5 Å². The summed E-state index contributed by atoms with van der Waals surface area (Å²) in [6.07, 6.45) is 1.72. The zero-order valence-electron chi connectivity index (χ0n) is 11.3. The maximum absolute atomic E-state index is 11.9. The monoisotopic (exact) mass is 341 g/mol. The number of carbonyl (C=O) groups is 1. The minimum absolute atomic E-state index is 0.314. The molecule has 2 aromatic carbocycles. The van der Waals surface area contributed by atoms with Gasteiger partial charge in [0.25, 0.3) is 0 Å². The minimum Gasteiger partial charge on any atom is -0.402 e. The second-order valence-electron chi connectivity index (χ2n) is 4.76. The van der Waals surface area contributed by atoms with Crippen LogP contribution in [0.4, 0.5) is 0 Å². The number of cyclic esters (lactones) is 1. The molecular weight excluding hydrogens is 330 g/mol. The quantitative estimate of drug-likeness (QED) is 0.609. The summed E-state index contributed by atoms with van der Waals surface area (Å²) in [7, 11) is 0. The van der Waals surface area contributed by atoms with Crippen LogP contribution >= 0.6 is 15.9 Å². The predicted octanol–water partition coefficient (Wildman–Crippen LogP) is 4.10. The Morgan fingerprint density at radius 1 is 1.14 bits per heavy atom. The molecule has 2 aromatic rings. The van der Waals surface area contributed by atoms with Gasteiger partial charge in [0.1, 0.15) is 0 Å². The van der Waals surface area contributed by atoms with Crippen LogP contribution in [0.1, 0.15) is 16.7 Å². The molecule has 1 aliphatic heterocycles. The van der Waals surface area contributed by atoms with E-state index >= 15 is 0 Å². The summed E-state index contributed by atoms with van der Waals surface area (Å²) in [5.41, 5.74) is 3.12. The van der Waals surface area contributed by atoms with Crippen LogP contribution < -0.4 is 0 Å². The van der Waals surface area contributed by atoms with E-state index in [4.69, 9.17) is 4.74 Å². The van der Waals surface area contributed by atoms with Gasteiger partial charge in [-0.25, -0.2) is 9.79 Å². The molecule has 104 valence electrons. The Morgan fingerprint density at radius 2 is 1.90 bits per heavy atom. The molecule has 21 heavy (non-hydrogen) atoms. The number of nitrogens with zero attached hydrogens (tertiary/aromatic N) is 1. The van der Waals surface area contributed by atoms with Crippen LogP contribution in [-0.2, 0) is 9.53 Å². The first-order valence-corrected chi connectivity index (χ1v) is 7.26. The van der Waals surface area contributed by atoms with Gasteiger partial charge >= 0.3 is 5.97 Å². The Morgan fingerprint density at radius 3 is 2.62 bits per heavy atom. The molecular formula is C17H12BrNO2. The van der Waals surface area contributed by atoms with Crippen molar-refractivity contribution in [3.05, 3.63) is 75.4 Å². The van der Waals surface area contributed by atoms with E-state index in [2.05, 4.69) is 20.9 Å². The van der Waals surface area contributed by atoms with Crippen molar-refractivity contribution in [3.8, 4) is 0 Å². The summed E-state index contributed by atoms with van der Waals surface area (Å²) < 4.78 is 6.23. The van der Waals surface area contributed by atoms with Crippen molar-refractivity contribution in [1.29, 1.82) is 0 Å². The molecule has 0 unspecified atom stereocenters. The van der Waals surface area contributed by atoms with Crippen molar-refractivity contribution < 1.29 is 9.53 Å². The van der Waals surface area contributed by atoms with Gasteiger partial charge in [0.2, 0.25) is 5.90 Å². The molecule has 0 atom stereocenters. The molecule has 1 heterocycles. The average Bonchev–Trinajstić information content (AvgIpc) is 2.83. The fraction of sp³-hybridized carbons (Fsp3) is 0.0588. The Balaban J connectivity index is 1.93. The number of aryl methyl sites for hydroxylation is 1. The molecule has 0 saturated carbocycles. The number of ether oxygens (including phenoxy) is 1. The van der Waals surface area contributed by atoms with Crippen LogP contribution in [0.5, 0.6) is 0 Å². The lowest BCUT2D eigenvalue weighted by Gasteiger charge is -1.99. The SMILES string of the molecule is Cc1cccc(C2=N/C(=C/c3ccc(Br)cc3)C(=O)O2)c1. The maximum Gasteiger partial charge on any atom is 0.363 e. The third-order valence-electron chi connectivity index (χ3n) is 3.06. The molecule has 3 rings (SSSR count). The number of carbonyl (C=O) groups excluding carboxylic acids is 1. The van der Waals surface area contributed by atoms with Gasteiger partial charge in [-0.1, -0.05) is 45.8 Å². The maximum atomic E-state index is 11.9. The standard InChI is InChI=1S/C17H12BrNO2/c1-11-3-2-4-13(9-11)16-19-15(17(20)21-16)10-12-5-7-14(18)8-6-12/h2-10H,1H3/b15-10+. The number of benzene rings is 2. The Labute approximate surface area is 131 Å². The molecule has 0 saturated heterocycles. The Kier molecular flexibility index (Phi) is 3.71. The summed E-state index contributed by atoms with van der Waals surface area (Å²) >= 11 is 3.38. The molecule has 0 bridgehead atoms. The van der Waals surface area contributed by atoms with Gasteiger partial charge in [0, 0.05) is 10.0 Å². The smallest absolute Gasteiger partial charge is 0.363 e. The van der Waals surface area contributed by atoms with Gasteiger partial charge < -0.3 is 4.74 Å². The average molecular weight is 342 g/mol. The summed E-state index contributed by atoms with van der Waals surface area (Å²) in [6.45, 7) is 1.99. The number of aliphatic imine (C=N–C) groups is 1. The van der Waals surface area contributed by atoms with Crippen molar-refractivity contribution in [2.45, 2.75) is 6.92 Å². The Bertz CT molecular complexity index is 761. The van der Waals surface area contributed by atoms with Gasteiger partial charge in [0.05, 0.1) is 0 Å². The molecule has 0 N–H and O–H groups in total. The van der Waals surface area contributed by atoms with Crippen molar-refractivity contribution in [2.75, 3.05) is 0 Å². The lowest BCUT2D eigenvalue weighted by Crippen LogP contribution is -2.05. The molecule has 1 aliphatic rings. The van der Waals surface area contributed by atoms with Crippen LogP contribution in [0, 0.1) is 6.92 Å². The fourth-order valence-corrected chi connectivity index (χ4v) is 2.29. The van der Waals surface area contributed by atoms with E-state index in [0.29, 0.717) is 11.6 Å². The Hall–Kier alpha value is -2.20. The van der Waals surface area contributed by atoms with Gasteiger partial charge in [-0.2, -0.15) is 0 Å².